The van der Waals surface area contributed by atoms with E-state index in [1.165, 1.54) is 96.8 Å². The van der Waals surface area contributed by atoms with E-state index in [1.54, 1.807) is 0 Å². The van der Waals surface area contributed by atoms with Gasteiger partial charge in [-0.25, -0.2) is 0 Å². The van der Waals surface area contributed by atoms with Gasteiger partial charge in [0, 0.05) is 0 Å². The van der Waals surface area contributed by atoms with Crippen molar-refractivity contribution in [1.82, 2.24) is 0 Å². The van der Waals surface area contributed by atoms with E-state index in [0.717, 1.165) is 54.3 Å². The van der Waals surface area contributed by atoms with Crippen LogP contribution in [-0.4, -0.2) is 70.3 Å². The molecule has 0 aliphatic carbocycles. The molecule has 0 saturated carbocycles. The van der Waals surface area contributed by atoms with E-state index in [-0.39, 0.29) is 0 Å². The average molecular weight is 788 g/mol. The Hall–Kier alpha value is 0.357. The molecule has 236 valence electrons. The minimum absolute atomic E-state index is 0.520. The summed E-state index contributed by atoms with van der Waals surface area (Å²) in [7, 11) is 0. The van der Waals surface area contributed by atoms with Crippen molar-refractivity contribution in [3.63, 3.8) is 0 Å². The van der Waals surface area contributed by atoms with E-state index in [2.05, 4.69) is 13.8 Å². The maximum absolute atomic E-state index is 15.7. The summed E-state index contributed by atoms with van der Waals surface area (Å²) in [4.78, 5) is 22.6. The average Bonchev–Trinajstić information content (AvgIpc) is 2.92. The molecule has 0 aromatic carbocycles. The zero-order chi connectivity index (χ0) is 29.8. The van der Waals surface area contributed by atoms with Gasteiger partial charge in [0.15, 0.2) is 0 Å². The first kappa shape index (κ1) is 40.4. The molecule has 0 aliphatic rings. The first-order chi connectivity index (χ1) is 19.3. The number of hydrogen-bond donors (Lipinski definition) is 0. The molecule has 0 spiro atoms. The van der Waals surface area contributed by atoms with Crippen molar-refractivity contribution in [2.45, 2.75) is 182 Å². The second-order valence-corrected chi connectivity index (χ2v) is 21.4. The Kier molecular flexibility index (Phi) is 29.7. The van der Waals surface area contributed by atoms with Gasteiger partial charge in [0.05, 0.1) is 0 Å². The number of unbranched alkanes of at least 4 members (excludes halogenated alkanes) is 18. The number of esters is 1. The van der Waals surface area contributed by atoms with Crippen LogP contribution in [0.1, 0.15) is 156 Å². The molecular weight excluding hydrogens is 728 g/mol. The summed E-state index contributed by atoms with van der Waals surface area (Å²) >= 11 is -5.18. The van der Waals surface area contributed by atoms with E-state index >= 15 is 8.78 Å². The quantitative estimate of drug-likeness (QED) is 0.0328. The monoisotopic (exact) mass is 790 g/mol. The van der Waals surface area contributed by atoms with Gasteiger partial charge in [-0.1, -0.05) is 0 Å². The van der Waals surface area contributed by atoms with Crippen LogP contribution in [0.25, 0.3) is 0 Å². The number of halogens is 2. The number of carbonyl (C=O) groups excluding carboxylic acids is 2. The second kappa shape index (κ2) is 29.4. The molecule has 0 aromatic rings. The first-order valence-corrected chi connectivity index (χ1v) is 24.6. The second-order valence-electron chi connectivity index (χ2n) is 11.2. The summed E-state index contributed by atoms with van der Waals surface area (Å²) in [6.45, 7) is 6.86. The van der Waals surface area contributed by atoms with Crippen LogP contribution in [-0.2, 0) is 20.5 Å². The van der Waals surface area contributed by atoms with Crippen LogP contribution in [0.5, 0.6) is 0 Å². The van der Waals surface area contributed by atoms with E-state index in [9.17, 15) is 9.59 Å². The fourth-order valence-corrected chi connectivity index (χ4v) is 14.4. The Labute approximate surface area is 263 Å². The standard InChI is InChI=1S/2C12H25.C5H6F2O3.C2H4O2.2Sn.H/c2*1-3-5-7-9-11-12-10-8-6-4-2;1-3(8)10-5(9)4(7)2-6;1-2(3)4;;;/h2*1,3-12H2,2H3;2,4-5H,1H3;1H3,(H,3,4);;;/q;;-1;;;+2;/p-1. The van der Waals surface area contributed by atoms with Gasteiger partial charge < -0.3 is 0 Å². The Bertz CT molecular complexity index is 576. The van der Waals surface area contributed by atoms with Crippen LogP contribution >= 0.6 is 0 Å². The Morgan fingerprint density at radius 3 is 1.35 bits per heavy atom. The molecule has 9 heteroatoms. The van der Waals surface area contributed by atoms with E-state index in [0.29, 0.717) is 0 Å². The molecule has 0 aliphatic heterocycles. The van der Waals surface area contributed by atoms with Crippen LogP contribution < -0.4 is 0 Å². The molecule has 40 heavy (non-hydrogen) atoms. The van der Waals surface area contributed by atoms with Crippen LogP contribution in [0.15, 0.2) is 0 Å². The zero-order valence-electron chi connectivity index (χ0n) is 26.2. The van der Waals surface area contributed by atoms with Crippen LogP contribution in [0, 0.1) is 0 Å². The Morgan fingerprint density at radius 2 is 1.00 bits per heavy atom. The topological polar surface area (TPSA) is 61.8 Å². The molecule has 0 amide bonds. The van der Waals surface area contributed by atoms with Crippen molar-refractivity contribution >= 4 is 53.7 Å². The van der Waals surface area contributed by atoms with E-state index in [4.69, 9.17) is 10.9 Å². The molecule has 5 nitrogen and oxygen atoms in total. The van der Waals surface area contributed by atoms with Gasteiger partial charge in [-0.15, -0.1) is 0 Å². The van der Waals surface area contributed by atoms with Crippen LogP contribution in [0.3, 0.4) is 0 Å². The van der Waals surface area contributed by atoms with Crippen LogP contribution in [0.2, 0.25) is 8.87 Å². The molecule has 0 saturated heterocycles. The summed E-state index contributed by atoms with van der Waals surface area (Å²) in [6.07, 6.45) is 20.8. The molecule has 0 bridgehead atoms. The molecular formula is C31H60F2O5Sn2. The van der Waals surface area contributed by atoms with Gasteiger partial charge in [0.1, 0.15) is 0 Å². The predicted molar refractivity (Wildman–Crippen MR) is 164 cm³/mol. The van der Waals surface area contributed by atoms with E-state index < -0.39 is 70.3 Å². The number of carbonyl (C=O) groups is 2. The van der Waals surface area contributed by atoms with Gasteiger partial charge in [-0.2, -0.15) is 0 Å². The minimum atomic E-state index is -2.78. The summed E-state index contributed by atoms with van der Waals surface area (Å²) < 4.78 is 46.3. The predicted octanol–water partition coefficient (Wildman–Crippen LogP) is 9.27. The molecule has 0 rings (SSSR count). The van der Waals surface area contributed by atoms with Crippen LogP contribution in [0.4, 0.5) is 8.78 Å². The number of alkyl halides is 2. The number of hydrogen-bond acceptors (Lipinski definition) is 5. The van der Waals surface area contributed by atoms with Gasteiger partial charge >= 0.3 is 265 Å². The molecule has 3 unspecified atom stereocenters. The summed E-state index contributed by atoms with van der Waals surface area (Å²) in [5.74, 6) is -1.24. The summed E-state index contributed by atoms with van der Waals surface area (Å²) in [5.41, 5.74) is 0. The van der Waals surface area contributed by atoms with Crippen molar-refractivity contribution in [2.24, 2.45) is 0 Å². The Morgan fingerprint density at radius 1 is 0.625 bits per heavy atom. The summed E-state index contributed by atoms with van der Waals surface area (Å²) in [6, 6.07) is 0. The Balaban J connectivity index is 4.70. The number of ether oxygens (including phenoxy) is 1. The molecule has 0 fully saturated rings. The van der Waals surface area contributed by atoms with E-state index in [1.807, 2.05) is 0 Å². The molecule has 3 atom stereocenters. The van der Waals surface area contributed by atoms with Crippen molar-refractivity contribution < 1.29 is 29.3 Å². The van der Waals surface area contributed by atoms with Crippen molar-refractivity contribution in [3.05, 3.63) is 0 Å². The third-order valence-corrected chi connectivity index (χ3v) is 18.4. The molecule has 0 N–H and O–H groups in total. The third-order valence-electron chi connectivity index (χ3n) is 7.32. The zero-order valence-corrected chi connectivity index (χ0v) is 32.3. The van der Waals surface area contributed by atoms with Crippen molar-refractivity contribution in [1.29, 1.82) is 0 Å². The first-order valence-electron chi connectivity index (χ1n) is 16.3. The maximum atomic E-state index is 15.7. The fraction of sp³-hybridized carbons (Fsp3) is 0.935. The van der Waals surface area contributed by atoms with Crippen molar-refractivity contribution in [2.75, 3.05) is 0 Å². The normalized spacial score (nSPS) is 13.8. The van der Waals surface area contributed by atoms with Gasteiger partial charge in [-0.3, -0.25) is 0 Å². The van der Waals surface area contributed by atoms with Gasteiger partial charge in [-0.05, 0) is 0 Å². The molecule has 0 heterocycles. The van der Waals surface area contributed by atoms with Gasteiger partial charge in [0.25, 0.3) is 0 Å². The molecule has 0 aromatic heterocycles. The fourth-order valence-electron chi connectivity index (χ4n) is 4.92. The third kappa shape index (κ3) is 24.9. The summed E-state index contributed by atoms with van der Waals surface area (Å²) in [5, 5.41) is 0. The van der Waals surface area contributed by atoms with Gasteiger partial charge in [0.2, 0.25) is 0 Å². The SMILES string of the molecule is CCCCCCCCCCC[CH2][Sn]([CH2]CCCCCCCCCCC)[CH](F)C(F)C([O][SnH][O]C(C)=O)OC(C)=O. The number of rotatable bonds is 29. The molecule has 2 radical (unpaired) electrons. The van der Waals surface area contributed by atoms with Crippen molar-refractivity contribution in [3.8, 4) is 0 Å².